The van der Waals surface area contributed by atoms with Gasteiger partial charge in [-0.05, 0) is 37.1 Å². The van der Waals surface area contributed by atoms with Gasteiger partial charge in [-0.25, -0.2) is 5.90 Å². The zero-order chi connectivity index (χ0) is 19.1. The van der Waals surface area contributed by atoms with Crippen LogP contribution in [-0.4, -0.2) is 32.3 Å². The number of carboxylic acids is 1. The summed E-state index contributed by atoms with van der Waals surface area (Å²) in [5.41, 5.74) is 0. The number of unbranched alkanes of at least 4 members (excludes halogenated alkanes) is 4. The number of benzene rings is 1. The van der Waals surface area contributed by atoms with Crippen molar-refractivity contribution < 1.29 is 24.1 Å². The lowest BCUT2D eigenvalue weighted by atomic mass is 10.1. The van der Waals surface area contributed by atoms with Crippen LogP contribution in [0.5, 0.6) is 5.75 Å². The molecule has 0 aromatic heterocycles. The zero-order valence-corrected chi connectivity index (χ0v) is 16.0. The van der Waals surface area contributed by atoms with Crippen LogP contribution in [0.2, 0.25) is 0 Å². The van der Waals surface area contributed by atoms with E-state index in [4.69, 9.17) is 9.94 Å². The molecule has 2 atom stereocenters. The normalized spacial score (nSPS) is 12.6. The predicted octanol–water partition coefficient (Wildman–Crippen LogP) is 3.73. The SMILES string of the molecule is CCCCCCC(C(=O)O)S(=O)c1ccc(OCCCC)cc1.NO. The van der Waals surface area contributed by atoms with Crippen molar-refractivity contribution in [1.29, 1.82) is 0 Å². The first-order valence-corrected chi connectivity index (χ1v) is 9.93. The number of ether oxygens (including phenoxy) is 1. The summed E-state index contributed by atoms with van der Waals surface area (Å²) in [5.74, 6) is 3.25. The minimum atomic E-state index is -1.53. The van der Waals surface area contributed by atoms with Crippen LogP contribution in [0.15, 0.2) is 29.2 Å². The molecule has 1 aromatic rings. The highest BCUT2D eigenvalue weighted by Crippen LogP contribution is 2.20. The molecule has 0 bridgehead atoms. The highest BCUT2D eigenvalue weighted by atomic mass is 32.2. The zero-order valence-electron chi connectivity index (χ0n) is 15.1. The summed E-state index contributed by atoms with van der Waals surface area (Å²) >= 11 is 0. The molecule has 0 aliphatic heterocycles. The largest absolute Gasteiger partial charge is 0.494 e. The first-order chi connectivity index (χ1) is 12.1. The maximum absolute atomic E-state index is 12.5. The van der Waals surface area contributed by atoms with Crippen molar-refractivity contribution >= 4 is 16.8 Å². The molecule has 1 rings (SSSR count). The molecule has 0 spiro atoms. The molecule has 25 heavy (non-hydrogen) atoms. The van der Waals surface area contributed by atoms with E-state index < -0.39 is 22.0 Å². The maximum Gasteiger partial charge on any atom is 0.319 e. The van der Waals surface area contributed by atoms with Crippen molar-refractivity contribution in [3.8, 4) is 5.75 Å². The molecule has 0 heterocycles. The minimum Gasteiger partial charge on any atom is -0.494 e. The molecule has 7 heteroatoms. The Kier molecular flexibility index (Phi) is 14.0. The van der Waals surface area contributed by atoms with Crippen LogP contribution in [0.3, 0.4) is 0 Å². The van der Waals surface area contributed by atoms with Crippen molar-refractivity contribution in [3.63, 3.8) is 0 Å². The Balaban J connectivity index is 0.00000277. The molecule has 144 valence electrons. The second-order valence-corrected chi connectivity index (χ2v) is 7.28. The van der Waals surface area contributed by atoms with E-state index in [2.05, 4.69) is 19.7 Å². The number of aliphatic carboxylic acids is 1. The smallest absolute Gasteiger partial charge is 0.319 e. The Morgan fingerprint density at radius 3 is 2.20 bits per heavy atom. The monoisotopic (exact) mass is 373 g/mol. The summed E-state index contributed by atoms with van der Waals surface area (Å²) in [6, 6.07) is 6.94. The number of carbonyl (C=O) groups is 1. The number of hydrogen-bond donors (Lipinski definition) is 3. The fourth-order valence-corrected chi connectivity index (χ4v) is 3.54. The first kappa shape index (κ1) is 23.6. The highest BCUT2D eigenvalue weighted by Gasteiger charge is 2.25. The van der Waals surface area contributed by atoms with Crippen molar-refractivity contribution in [2.75, 3.05) is 6.61 Å². The molecule has 6 nitrogen and oxygen atoms in total. The van der Waals surface area contributed by atoms with E-state index in [9.17, 15) is 14.1 Å². The lowest BCUT2D eigenvalue weighted by Gasteiger charge is -2.13. The lowest BCUT2D eigenvalue weighted by molar-refractivity contribution is -0.136. The van der Waals surface area contributed by atoms with Gasteiger partial charge >= 0.3 is 5.97 Å². The maximum atomic E-state index is 12.5. The van der Waals surface area contributed by atoms with E-state index in [-0.39, 0.29) is 0 Å². The van der Waals surface area contributed by atoms with Crippen LogP contribution in [0.1, 0.15) is 58.8 Å². The summed E-state index contributed by atoms with van der Waals surface area (Å²) in [6.45, 7) is 4.87. The lowest BCUT2D eigenvalue weighted by Crippen LogP contribution is -2.25. The van der Waals surface area contributed by atoms with Crippen molar-refractivity contribution in [2.45, 2.75) is 68.9 Å². The van der Waals surface area contributed by atoms with Gasteiger partial charge in [0.25, 0.3) is 0 Å². The first-order valence-electron chi connectivity index (χ1n) is 8.72. The second-order valence-electron chi connectivity index (χ2n) is 5.65. The van der Waals surface area contributed by atoms with Gasteiger partial charge < -0.3 is 15.1 Å². The van der Waals surface area contributed by atoms with Gasteiger partial charge in [-0.15, -0.1) is 0 Å². The standard InChI is InChI=1S/C18H28O4S.H3NO/c1-3-5-7-8-9-17(18(19)20)23(21)16-12-10-15(11-13-16)22-14-6-4-2;1-2/h10-13,17H,3-9,14H2,1-2H3,(H,19,20);2H,1H2. The van der Waals surface area contributed by atoms with Gasteiger partial charge in [0.1, 0.15) is 11.0 Å². The molecule has 2 unspecified atom stereocenters. The molecule has 0 fully saturated rings. The quantitative estimate of drug-likeness (QED) is 0.380. The van der Waals surface area contributed by atoms with Crippen LogP contribution < -0.4 is 10.6 Å². The van der Waals surface area contributed by atoms with E-state index in [1.807, 2.05) is 0 Å². The number of nitrogens with two attached hydrogens (primary N) is 1. The van der Waals surface area contributed by atoms with Gasteiger partial charge in [0.15, 0.2) is 0 Å². The number of carboxylic acid groups (broad SMARTS) is 1. The molecule has 0 aliphatic carbocycles. The molecule has 0 saturated heterocycles. The Morgan fingerprint density at radius 1 is 1.08 bits per heavy atom. The second kappa shape index (κ2) is 14.9. The van der Waals surface area contributed by atoms with Crippen molar-refractivity contribution in [3.05, 3.63) is 24.3 Å². The van der Waals surface area contributed by atoms with E-state index in [0.29, 0.717) is 17.9 Å². The number of hydrogen-bond acceptors (Lipinski definition) is 5. The minimum absolute atomic E-state index is 0.455. The van der Waals surface area contributed by atoms with Crippen molar-refractivity contribution in [1.82, 2.24) is 0 Å². The predicted molar refractivity (Wildman–Crippen MR) is 99.4 cm³/mol. The third-order valence-corrected chi connectivity index (χ3v) is 5.37. The summed E-state index contributed by atoms with van der Waals surface area (Å²) in [6.07, 6.45) is 6.49. The van der Waals surface area contributed by atoms with Crippen LogP contribution in [-0.2, 0) is 15.6 Å². The average molecular weight is 374 g/mol. The Labute approximate surface area is 152 Å². The molecular weight excluding hydrogens is 342 g/mol. The Hall–Kier alpha value is -1.44. The number of rotatable bonds is 12. The van der Waals surface area contributed by atoms with Crippen LogP contribution in [0.25, 0.3) is 0 Å². The topological polar surface area (TPSA) is 110 Å². The van der Waals surface area contributed by atoms with Crippen LogP contribution in [0.4, 0.5) is 0 Å². The third-order valence-electron chi connectivity index (χ3n) is 3.68. The van der Waals surface area contributed by atoms with Crippen LogP contribution >= 0.6 is 0 Å². The molecule has 0 amide bonds. The highest BCUT2D eigenvalue weighted by molar-refractivity contribution is 7.86. The van der Waals surface area contributed by atoms with Gasteiger partial charge in [0, 0.05) is 4.90 Å². The summed E-state index contributed by atoms with van der Waals surface area (Å²) in [7, 11) is -1.53. The van der Waals surface area contributed by atoms with E-state index in [1.54, 1.807) is 24.3 Å². The third kappa shape index (κ3) is 9.57. The fourth-order valence-electron chi connectivity index (χ4n) is 2.25. The van der Waals surface area contributed by atoms with E-state index >= 15 is 0 Å². The Morgan fingerprint density at radius 2 is 1.68 bits per heavy atom. The van der Waals surface area contributed by atoms with E-state index in [1.165, 1.54) is 0 Å². The molecule has 1 aromatic carbocycles. The van der Waals surface area contributed by atoms with Gasteiger partial charge in [0.2, 0.25) is 0 Å². The fraction of sp³-hybridized carbons (Fsp3) is 0.611. The van der Waals surface area contributed by atoms with Gasteiger partial charge in [-0.1, -0.05) is 46.0 Å². The summed E-state index contributed by atoms with van der Waals surface area (Å²) in [5, 5.41) is 15.0. The molecule has 4 N–H and O–H groups in total. The van der Waals surface area contributed by atoms with E-state index in [0.717, 1.165) is 44.3 Å². The summed E-state index contributed by atoms with van der Waals surface area (Å²) < 4.78 is 18.1. The molecule has 0 aliphatic rings. The summed E-state index contributed by atoms with van der Waals surface area (Å²) in [4.78, 5) is 12.0. The molecule has 0 radical (unpaired) electrons. The van der Waals surface area contributed by atoms with Crippen molar-refractivity contribution in [2.24, 2.45) is 5.90 Å². The van der Waals surface area contributed by atoms with Gasteiger partial charge in [0.05, 0.1) is 17.4 Å². The molecule has 0 saturated carbocycles. The van der Waals surface area contributed by atoms with Crippen LogP contribution in [0, 0.1) is 0 Å². The van der Waals surface area contributed by atoms with Gasteiger partial charge in [-0.3, -0.25) is 9.00 Å². The Bertz CT molecular complexity index is 493. The average Bonchev–Trinajstić information content (AvgIpc) is 2.63. The molecular formula is C18H31NO5S. The van der Waals surface area contributed by atoms with Gasteiger partial charge in [-0.2, -0.15) is 0 Å².